The lowest BCUT2D eigenvalue weighted by molar-refractivity contribution is -0.146. The minimum atomic E-state index is -0.832. The third-order valence-corrected chi connectivity index (χ3v) is 7.70. The Morgan fingerprint density at radius 3 is 2.38 bits per heavy atom. The van der Waals surface area contributed by atoms with E-state index >= 15 is 0 Å². The first-order valence-corrected chi connectivity index (χ1v) is 10.1. The van der Waals surface area contributed by atoms with E-state index in [0.29, 0.717) is 22.5 Å². The average molecular weight is 440 g/mol. The van der Waals surface area contributed by atoms with Crippen LogP contribution in [0.25, 0.3) is 0 Å². The number of hydrogen-bond donors (Lipinski definition) is 1. The molecule has 2 bridgehead atoms. The van der Waals surface area contributed by atoms with Crippen LogP contribution in [0, 0.1) is 30.6 Å². The molecule has 1 N–H and O–H groups in total. The largest absolute Gasteiger partial charge is 0.324 e. The number of rotatable bonds is 3. The second kappa shape index (κ2) is 6.34. The van der Waals surface area contributed by atoms with Crippen LogP contribution >= 0.6 is 27.5 Å². The predicted molar refractivity (Wildman–Crippen MR) is 102 cm³/mol. The fraction of sp³-hybridized carbons (Fsp3) is 0.526. The van der Waals surface area contributed by atoms with Gasteiger partial charge in [-0.2, -0.15) is 0 Å². The predicted octanol–water partition coefficient (Wildman–Crippen LogP) is 3.77. The molecule has 26 heavy (non-hydrogen) atoms. The molecule has 1 heterocycles. The molecule has 1 aliphatic heterocycles. The Labute approximate surface area is 165 Å². The minimum Gasteiger partial charge on any atom is -0.324 e. The monoisotopic (exact) mass is 438 g/mol. The minimum absolute atomic E-state index is 0.166. The van der Waals surface area contributed by atoms with Crippen molar-refractivity contribution in [1.82, 2.24) is 4.90 Å². The molecule has 0 aromatic heterocycles. The van der Waals surface area contributed by atoms with E-state index in [1.807, 2.05) is 6.92 Å². The Morgan fingerprint density at radius 1 is 1.23 bits per heavy atom. The number of likely N-dealkylation sites (tertiary alicyclic amines) is 1. The maximum atomic E-state index is 12.8. The van der Waals surface area contributed by atoms with Gasteiger partial charge in [0.25, 0.3) is 0 Å². The topological polar surface area (TPSA) is 66.5 Å². The smallest absolute Gasteiger partial charge is 0.247 e. The van der Waals surface area contributed by atoms with Crippen molar-refractivity contribution in [2.75, 3.05) is 5.32 Å². The molecule has 138 valence electrons. The summed E-state index contributed by atoms with van der Waals surface area (Å²) in [6, 6.07) is 2.67. The van der Waals surface area contributed by atoms with Gasteiger partial charge >= 0.3 is 0 Å². The Balaban J connectivity index is 1.54. The second-order valence-corrected chi connectivity index (χ2v) is 8.86. The summed E-state index contributed by atoms with van der Waals surface area (Å²) in [7, 11) is 0. The van der Waals surface area contributed by atoms with E-state index in [0.717, 1.165) is 29.3 Å². The van der Waals surface area contributed by atoms with Gasteiger partial charge in [-0.25, -0.2) is 0 Å². The number of imide groups is 1. The van der Waals surface area contributed by atoms with E-state index in [1.54, 1.807) is 19.1 Å². The molecule has 0 spiro atoms. The number of anilines is 1. The van der Waals surface area contributed by atoms with Crippen molar-refractivity contribution in [3.63, 3.8) is 0 Å². The van der Waals surface area contributed by atoms with Crippen LogP contribution in [0.5, 0.6) is 0 Å². The van der Waals surface area contributed by atoms with E-state index in [9.17, 15) is 14.4 Å². The molecule has 1 saturated heterocycles. The van der Waals surface area contributed by atoms with Crippen molar-refractivity contribution < 1.29 is 14.4 Å². The van der Waals surface area contributed by atoms with Crippen LogP contribution in [0.15, 0.2) is 16.6 Å². The third-order valence-electron chi connectivity index (χ3n) is 6.33. The summed E-state index contributed by atoms with van der Waals surface area (Å²) in [6.45, 7) is 3.42. The number of nitrogens with zero attached hydrogens (tertiary/aromatic N) is 1. The van der Waals surface area contributed by atoms with Gasteiger partial charge in [-0.05, 0) is 78.6 Å². The molecule has 1 aromatic rings. The Hall–Kier alpha value is -1.40. The van der Waals surface area contributed by atoms with Gasteiger partial charge in [-0.15, -0.1) is 0 Å². The lowest BCUT2D eigenvalue weighted by Crippen LogP contribution is -2.46. The molecule has 0 unspecified atom stereocenters. The zero-order chi connectivity index (χ0) is 18.7. The fourth-order valence-electron chi connectivity index (χ4n) is 4.96. The van der Waals surface area contributed by atoms with Gasteiger partial charge in [-0.1, -0.05) is 11.6 Å². The highest BCUT2D eigenvalue weighted by Crippen LogP contribution is 2.56. The van der Waals surface area contributed by atoms with Crippen LogP contribution < -0.4 is 5.32 Å². The van der Waals surface area contributed by atoms with Crippen molar-refractivity contribution >= 4 is 50.9 Å². The molecule has 5 atom stereocenters. The number of carbonyl (C=O) groups is 3. The van der Waals surface area contributed by atoms with Crippen molar-refractivity contribution in [1.29, 1.82) is 0 Å². The second-order valence-electron chi connectivity index (χ2n) is 7.63. The van der Waals surface area contributed by atoms with Crippen LogP contribution in [0.4, 0.5) is 5.69 Å². The number of fused-ring (bicyclic) bond motifs is 5. The van der Waals surface area contributed by atoms with Crippen LogP contribution in [0.1, 0.15) is 31.7 Å². The summed E-state index contributed by atoms with van der Waals surface area (Å²) in [5, 5.41) is 3.33. The zero-order valence-corrected chi connectivity index (χ0v) is 16.9. The highest BCUT2D eigenvalue weighted by Gasteiger charge is 2.62. The molecule has 5 nitrogen and oxygen atoms in total. The maximum absolute atomic E-state index is 12.8. The van der Waals surface area contributed by atoms with Crippen molar-refractivity contribution in [2.24, 2.45) is 23.7 Å². The first-order valence-electron chi connectivity index (χ1n) is 8.93. The van der Waals surface area contributed by atoms with Gasteiger partial charge in [0, 0.05) is 10.2 Å². The molecule has 3 aliphatic rings. The quantitative estimate of drug-likeness (QED) is 0.729. The molecular formula is C19H20BrClN2O3. The van der Waals surface area contributed by atoms with Crippen LogP contribution in [0.2, 0.25) is 5.02 Å². The molecule has 2 aliphatic carbocycles. The Bertz CT molecular complexity index is 799. The molecule has 3 fully saturated rings. The van der Waals surface area contributed by atoms with Gasteiger partial charge in [0.15, 0.2) is 0 Å². The van der Waals surface area contributed by atoms with Crippen molar-refractivity contribution in [2.45, 2.75) is 39.2 Å². The van der Waals surface area contributed by atoms with E-state index in [-0.39, 0.29) is 29.6 Å². The van der Waals surface area contributed by atoms with Crippen LogP contribution in [-0.4, -0.2) is 28.7 Å². The summed E-state index contributed by atoms with van der Waals surface area (Å²) >= 11 is 9.55. The number of nitrogens with one attached hydrogen (secondary N) is 1. The third kappa shape index (κ3) is 2.53. The number of hydrogen-bond acceptors (Lipinski definition) is 3. The van der Waals surface area contributed by atoms with Gasteiger partial charge in [-0.3, -0.25) is 19.3 Å². The van der Waals surface area contributed by atoms with Crippen LogP contribution in [0.3, 0.4) is 0 Å². The summed E-state index contributed by atoms with van der Waals surface area (Å²) < 4.78 is 0.746. The summed E-state index contributed by atoms with van der Waals surface area (Å²) in [6.07, 6.45) is 3.03. The van der Waals surface area contributed by atoms with Gasteiger partial charge in [0.1, 0.15) is 6.04 Å². The summed E-state index contributed by atoms with van der Waals surface area (Å²) in [5.74, 6) is -0.495. The number of halogens is 2. The lowest BCUT2D eigenvalue weighted by atomic mass is 9.81. The lowest BCUT2D eigenvalue weighted by Gasteiger charge is -2.24. The molecule has 1 aromatic carbocycles. The van der Waals surface area contributed by atoms with Gasteiger partial charge in [0.05, 0.1) is 16.9 Å². The first kappa shape index (κ1) is 18.0. The summed E-state index contributed by atoms with van der Waals surface area (Å²) in [4.78, 5) is 39.6. The highest BCUT2D eigenvalue weighted by atomic mass is 79.9. The maximum Gasteiger partial charge on any atom is 0.247 e. The highest BCUT2D eigenvalue weighted by molar-refractivity contribution is 9.10. The molecule has 2 saturated carbocycles. The fourth-order valence-corrected chi connectivity index (χ4v) is 5.55. The Morgan fingerprint density at radius 2 is 1.81 bits per heavy atom. The van der Waals surface area contributed by atoms with Gasteiger partial charge < -0.3 is 5.32 Å². The molecular weight excluding hydrogens is 420 g/mol. The molecule has 7 heteroatoms. The van der Waals surface area contributed by atoms with E-state index in [2.05, 4.69) is 21.2 Å². The van der Waals surface area contributed by atoms with Crippen molar-refractivity contribution in [3.8, 4) is 0 Å². The SMILES string of the molecule is Cc1c(NC(=O)[C@H](C)N2C(=O)[C@H]3[C@H]4CC[C@@H](C4)[C@@H]3C2=O)ccc(Br)c1Cl. The Kier molecular flexibility index (Phi) is 4.39. The van der Waals surface area contributed by atoms with Gasteiger partial charge in [0.2, 0.25) is 17.7 Å². The molecule has 0 radical (unpaired) electrons. The standard InChI is InChI=1S/C19H20BrClN2O3/c1-8-13(6-5-12(20)16(8)21)22-17(24)9(2)23-18(25)14-10-3-4-11(7-10)15(14)19(23)26/h5-6,9-11,14-15H,3-4,7H2,1-2H3,(H,22,24)/t9-,10-,11-,14-,15-/m0/s1. The molecule has 3 amide bonds. The van der Waals surface area contributed by atoms with Crippen LogP contribution in [-0.2, 0) is 14.4 Å². The van der Waals surface area contributed by atoms with Crippen molar-refractivity contribution in [3.05, 3.63) is 27.2 Å². The zero-order valence-electron chi connectivity index (χ0n) is 14.6. The van der Waals surface area contributed by atoms with E-state index < -0.39 is 6.04 Å². The van der Waals surface area contributed by atoms with E-state index in [1.165, 1.54) is 4.90 Å². The summed E-state index contributed by atoms with van der Waals surface area (Å²) in [5.41, 5.74) is 1.31. The first-order chi connectivity index (χ1) is 12.3. The average Bonchev–Trinajstić information content (AvgIpc) is 3.29. The number of amides is 3. The normalized spacial score (nSPS) is 30.7. The van der Waals surface area contributed by atoms with E-state index in [4.69, 9.17) is 11.6 Å². The number of benzene rings is 1. The molecule has 4 rings (SSSR count). The number of carbonyl (C=O) groups excluding carboxylic acids is 3.